The van der Waals surface area contributed by atoms with Gasteiger partial charge in [-0.2, -0.15) is 0 Å². The van der Waals surface area contributed by atoms with Crippen LogP contribution in [0.2, 0.25) is 5.02 Å². The summed E-state index contributed by atoms with van der Waals surface area (Å²) >= 11 is 5.64. The highest BCUT2D eigenvalue weighted by Crippen LogP contribution is 2.41. The minimum Gasteiger partial charge on any atom is -0.352 e. The number of rotatable bonds is 5. The number of hydrogen-bond acceptors (Lipinski definition) is 2. The van der Waals surface area contributed by atoms with Crippen LogP contribution >= 0.6 is 11.6 Å². The van der Waals surface area contributed by atoms with Gasteiger partial charge in [0.05, 0.1) is 5.02 Å². The molecule has 1 aromatic carbocycles. The van der Waals surface area contributed by atoms with E-state index in [0.29, 0.717) is 5.75 Å². The second-order valence-electron chi connectivity index (χ2n) is 5.27. The molecule has 4 atom stereocenters. The minimum atomic E-state index is -0.986. The van der Waals surface area contributed by atoms with Crippen LogP contribution in [0, 0.1) is 11.7 Å². The van der Waals surface area contributed by atoms with E-state index in [0.717, 1.165) is 12.0 Å². The number of benzene rings is 1. The molecule has 6 heteroatoms. The third-order valence-corrected chi connectivity index (χ3v) is 4.70. The first-order chi connectivity index (χ1) is 9.38. The summed E-state index contributed by atoms with van der Waals surface area (Å²) in [6, 6.07) is 4.78. The van der Waals surface area contributed by atoms with Gasteiger partial charge in [-0.15, -0.1) is 0 Å². The molecule has 2 rings (SSSR count). The third-order valence-electron chi connectivity index (χ3n) is 3.42. The van der Waals surface area contributed by atoms with Crippen molar-refractivity contribution in [1.29, 1.82) is 0 Å². The molecule has 1 aliphatic rings. The Morgan fingerprint density at radius 1 is 1.60 bits per heavy atom. The van der Waals surface area contributed by atoms with Gasteiger partial charge in [0, 0.05) is 40.7 Å². The Bertz CT molecular complexity index is 552. The molecule has 20 heavy (non-hydrogen) atoms. The summed E-state index contributed by atoms with van der Waals surface area (Å²) in [5.41, 5.74) is 0.851. The van der Waals surface area contributed by atoms with E-state index in [2.05, 4.69) is 5.32 Å². The van der Waals surface area contributed by atoms with Gasteiger partial charge in [0.2, 0.25) is 5.91 Å². The van der Waals surface area contributed by atoms with Crippen LogP contribution in [0.5, 0.6) is 0 Å². The second kappa shape index (κ2) is 6.22. The maximum Gasteiger partial charge on any atom is 0.223 e. The predicted molar refractivity (Wildman–Crippen MR) is 78.8 cm³/mol. The van der Waals surface area contributed by atoms with Crippen LogP contribution in [0.4, 0.5) is 4.39 Å². The molecule has 2 unspecified atom stereocenters. The summed E-state index contributed by atoms with van der Waals surface area (Å²) in [5, 5.41) is 3.02. The molecule has 110 valence electrons. The average molecular weight is 318 g/mol. The fourth-order valence-corrected chi connectivity index (χ4v) is 3.19. The summed E-state index contributed by atoms with van der Waals surface area (Å²) in [6.45, 7) is 1.76. The van der Waals surface area contributed by atoms with Crippen LogP contribution in [0.3, 0.4) is 0 Å². The summed E-state index contributed by atoms with van der Waals surface area (Å²) in [4.78, 5) is 11.9. The molecule has 0 radical (unpaired) electrons. The Balaban J connectivity index is 1.90. The van der Waals surface area contributed by atoms with Crippen molar-refractivity contribution in [2.75, 3.05) is 12.0 Å². The van der Waals surface area contributed by atoms with E-state index >= 15 is 0 Å². The highest BCUT2D eigenvalue weighted by atomic mass is 35.5. The van der Waals surface area contributed by atoms with Gasteiger partial charge in [-0.3, -0.25) is 9.00 Å². The van der Waals surface area contributed by atoms with Crippen molar-refractivity contribution in [3.8, 4) is 0 Å². The van der Waals surface area contributed by atoms with E-state index in [1.54, 1.807) is 19.2 Å². The maximum atomic E-state index is 13.4. The second-order valence-corrected chi connectivity index (χ2v) is 7.16. The molecule has 0 bridgehead atoms. The van der Waals surface area contributed by atoms with Gasteiger partial charge in [0.15, 0.2) is 0 Å². The van der Waals surface area contributed by atoms with Crippen molar-refractivity contribution in [3.05, 3.63) is 34.6 Å². The Morgan fingerprint density at radius 2 is 2.30 bits per heavy atom. The first kappa shape index (κ1) is 15.4. The molecule has 0 aliphatic heterocycles. The SMILES string of the molecule is CC(CS(C)=O)C(=O)N[C@@H]1C[C@H]1c1ccc(Cl)c(F)c1. The molecule has 0 aromatic heterocycles. The van der Waals surface area contributed by atoms with Crippen molar-refractivity contribution in [2.24, 2.45) is 5.92 Å². The van der Waals surface area contributed by atoms with Crippen molar-refractivity contribution in [2.45, 2.75) is 25.3 Å². The van der Waals surface area contributed by atoms with Gasteiger partial charge in [-0.05, 0) is 24.1 Å². The summed E-state index contributed by atoms with van der Waals surface area (Å²) in [7, 11) is -0.986. The van der Waals surface area contributed by atoms with Crippen molar-refractivity contribution >= 4 is 28.3 Å². The predicted octanol–water partition coefficient (Wildman–Crippen LogP) is 2.47. The number of carbonyl (C=O) groups is 1. The topological polar surface area (TPSA) is 46.2 Å². The molecule has 1 fully saturated rings. The molecular formula is C14H17ClFNO2S. The largest absolute Gasteiger partial charge is 0.352 e. The zero-order valence-electron chi connectivity index (χ0n) is 11.4. The molecular weight excluding hydrogens is 301 g/mol. The highest BCUT2D eigenvalue weighted by Gasteiger charge is 2.40. The van der Waals surface area contributed by atoms with Crippen molar-refractivity contribution in [1.82, 2.24) is 5.32 Å². The average Bonchev–Trinajstić information content (AvgIpc) is 3.11. The Morgan fingerprint density at radius 3 is 2.90 bits per heavy atom. The van der Waals surface area contributed by atoms with Crippen LogP contribution in [0.15, 0.2) is 18.2 Å². The summed E-state index contributed by atoms with van der Waals surface area (Å²) < 4.78 is 24.5. The number of halogens is 2. The van der Waals surface area contributed by atoms with Crippen molar-refractivity contribution < 1.29 is 13.4 Å². The molecule has 0 heterocycles. The van der Waals surface area contributed by atoms with Gasteiger partial charge >= 0.3 is 0 Å². The van der Waals surface area contributed by atoms with E-state index in [4.69, 9.17) is 11.6 Å². The molecule has 0 spiro atoms. The first-order valence-corrected chi connectivity index (χ1v) is 8.54. The van der Waals surface area contributed by atoms with E-state index in [9.17, 15) is 13.4 Å². The Labute approximate surface area is 125 Å². The first-order valence-electron chi connectivity index (χ1n) is 6.44. The standard InChI is InChI=1S/C14H17ClFNO2S/c1-8(7-20(2)19)14(18)17-13-6-10(13)9-3-4-11(15)12(16)5-9/h3-5,8,10,13H,6-7H2,1-2H3,(H,17,18)/t8?,10-,13+,20?/m0/s1. The zero-order chi connectivity index (χ0) is 14.9. The maximum absolute atomic E-state index is 13.4. The third kappa shape index (κ3) is 3.79. The van der Waals surface area contributed by atoms with Crippen LogP contribution in [0.1, 0.15) is 24.8 Å². The zero-order valence-corrected chi connectivity index (χ0v) is 12.9. The van der Waals surface area contributed by atoms with E-state index in [1.165, 1.54) is 12.1 Å². The van der Waals surface area contributed by atoms with Crippen LogP contribution in [-0.4, -0.2) is 28.2 Å². The van der Waals surface area contributed by atoms with Gasteiger partial charge in [-0.1, -0.05) is 24.6 Å². The van der Waals surface area contributed by atoms with E-state index < -0.39 is 16.6 Å². The van der Waals surface area contributed by atoms with Gasteiger partial charge in [0.1, 0.15) is 5.82 Å². The van der Waals surface area contributed by atoms with Gasteiger partial charge in [-0.25, -0.2) is 4.39 Å². The molecule has 1 N–H and O–H groups in total. The molecule has 1 aromatic rings. The van der Waals surface area contributed by atoms with Crippen LogP contribution < -0.4 is 5.32 Å². The summed E-state index contributed by atoms with van der Waals surface area (Å²) in [5.74, 6) is -0.300. The molecule has 3 nitrogen and oxygen atoms in total. The number of hydrogen-bond donors (Lipinski definition) is 1. The van der Waals surface area contributed by atoms with Crippen LogP contribution in [0.25, 0.3) is 0 Å². The quantitative estimate of drug-likeness (QED) is 0.907. The lowest BCUT2D eigenvalue weighted by atomic mass is 10.1. The normalized spacial score (nSPS) is 24.0. The van der Waals surface area contributed by atoms with E-state index in [-0.39, 0.29) is 28.8 Å². The molecule has 0 saturated heterocycles. The molecule has 1 amide bonds. The minimum absolute atomic E-state index is 0.0378. The Kier molecular flexibility index (Phi) is 4.81. The van der Waals surface area contributed by atoms with Gasteiger partial charge in [0.25, 0.3) is 0 Å². The monoisotopic (exact) mass is 317 g/mol. The van der Waals surface area contributed by atoms with Crippen molar-refractivity contribution in [3.63, 3.8) is 0 Å². The Hall–Kier alpha value is -0.940. The fourth-order valence-electron chi connectivity index (χ4n) is 2.22. The lowest BCUT2D eigenvalue weighted by Crippen LogP contribution is -2.34. The molecule has 1 saturated carbocycles. The number of nitrogens with one attached hydrogen (secondary N) is 1. The molecule has 1 aliphatic carbocycles. The fraction of sp³-hybridized carbons (Fsp3) is 0.500. The van der Waals surface area contributed by atoms with E-state index in [1.807, 2.05) is 0 Å². The van der Waals surface area contributed by atoms with Gasteiger partial charge < -0.3 is 5.32 Å². The summed E-state index contributed by atoms with van der Waals surface area (Å²) in [6.07, 6.45) is 2.38. The number of amides is 1. The highest BCUT2D eigenvalue weighted by molar-refractivity contribution is 7.84. The smallest absolute Gasteiger partial charge is 0.223 e. The lowest BCUT2D eigenvalue weighted by Gasteiger charge is -2.10. The lowest BCUT2D eigenvalue weighted by molar-refractivity contribution is -0.124. The number of carbonyl (C=O) groups excluding carboxylic acids is 1. The van der Waals surface area contributed by atoms with Crippen LogP contribution in [-0.2, 0) is 15.6 Å².